The van der Waals surface area contributed by atoms with Crippen LogP contribution in [0.15, 0.2) is 28.7 Å². The number of carbonyl (C=O) groups is 1. The van der Waals surface area contributed by atoms with E-state index in [0.717, 1.165) is 10.0 Å². The van der Waals surface area contributed by atoms with Crippen LogP contribution in [0.3, 0.4) is 0 Å². The maximum Gasteiger partial charge on any atom is 0.306 e. The van der Waals surface area contributed by atoms with Gasteiger partial charge in [0.1, 0.15) is 0 Å². The number of aliphatic carboxylic acids is 1. The van der Waals surface area contributed by atoms with Gasteiger partial charge in [-0.2, -0.15) is 0 Å². The normalized spacial score (nSPS) is 14.8. The molecule has 1 N–H and O–H groups in total. The molecule has 0 aromatic heterocycles. The van der Waals surface area contributed by atoms with E-state index >= 15 is 0 Å². The zero-order chi connectivity index (χ0) is 10.7. The van der Waals surface area contributed by atoms with Crippen molar-refractivity contribution in [2.45, 2.75) is 19.8 Å². The molecule has 0 bridgehead atoms. The van der Waals surface area contributed by atoms with Gasteiger partial charge in [0.25, 0.3) is 0 Å². The van der Waals surface area contributed by atoms with Crippen LogP contribution in [0, 0.1) is 5.92 Å². The first-order chi connectivity index (χ1) is 6.52. The summed E-state index contributed by atoms with van der Waals surface area (Å²) in [5.74, 6) is -1.08. The Morgan fingerprint density at radius 3 is 2.57 bits per heavy atom. The summed E-state index contributed by atoms with van der Waals surface area (Å²) in [5, 5.41) is 8.87. The maximum atomic E-state index is 10.8. The van der Waals surface area contributed by atoms with Crippen LogP contribution in [-0.4, -0.2) is 11.1 Å². The third-order valence-corrected chi connectivity index (χ3v) is 3.01. The Kier molecular flexibility index (Phi) is 3.69. The topological polar surface area (TPSA) is 37.3 Å². The molecule has 0 saturated heterocycles. The smallest absolute Gasteiger partial charge is 0.306 e. The van der Waals surface area contributed by atoms with E-state index in [9.17, 15) is 4.79 Å². The monoisotopic (exact) mass is 256 g/mol. The van der Waals surface area contributed by atoms with E-state index in [1.165, 1.54) is 0 Å². The van der Waals surface area contributed by atoms with Gasteiger partial charge in [0.2, 0.25) is 0 Å². The highest BCUT2D eigenvalue weighted by Gasteiger charge is 2.20. The van der Waals surface area contributed by atoms with Gasteiger partial charge >= 0.3 is 5.97 Å². The molecule has 3 heteroatoms. The van der Waals surface area contributed by atoms with Crippen molar-refractivity contribution >= 4 is 21.9 Å². The van der Waals surface area contributed by atoms with Gasteiger partial charge in [0.15, 0.2) is 0 Å². The van der Waals surface area contributed by atoms with E-state index in [0.29, 0.717) is 0 Å². The molecular formula is C11H13BrO2. The lowest BCUT2D eigenvalue weighted by Gasteiger charge is -2.16. The van der Waals surface area contributed by atoms with Crippen molar-refractivity contribution in [3.8, 4) is 0 Å². The molecule has 0 aliphatic heterocycles. The summed E-state index contributed by atoms with van der Waals surface area (Å²) in [6.45, 7) is 3.66. The Morgan fingerprint density at radius 2 is 2.07 bits per heavy atom. The fourth-order valence-corrected chi connectivity index (χ4v) is 1.71. The highest BCUT2D eigenvalue weighted by atomic mass is 79.9. The van der Waals surface area contributed by atoms with E-state index in [4.69, 9.17) is 5.11 Å². The van der Waals surface area contributed by atoms with Crippen molar-refractivity contribution in [3.63, 3.8) is 0 Å². The predicted molar refractivity (Wildman–Crippen MR) is 59.4 cm³/mol. The summed E-state index contributed by atoms with van der Waals surface area (Å²) in [4.78, 5) is 10.8. The van der Waals surface area contributed by atoms with Crippen LogP contribution < -0.4 is 0 Å². The number of rotatable bonds is 3. The zero-order valence-corrected chi connectivity index (χ0v) is 9.78. The number of carboxylic acid groups (broad SMARTS) is 1. The standard InChI is InChI=1S/C11H13BrO2/c1-7(8(2)11(13)14)9-4-3-5-10(12)6-9/h3-8H,1-2H3,(H,13,14). The summed E-state index contributed by atoms with van der Waals surface area (Å²) >= 11 is 3.37. The van der Waals surface area contributed by atoms with Crippen LogP contribution in [0.1, 0.15) is 25.3 Å². The molecule has 2 unspecified atom stereocenters. The Labute approximate surface area is 92.1 Å². The Bertz CT molecular complexity index is 336. The van der Waals surface area contributed by atoms with E-state index in [1.807, 2.05) is 31.2 Å². The van der Waals surface area contributed by atoms with Crippen molar-refractivity contribution in [2.24, 2.45) is 5.92 Å². The molecule has 14 heavy (non-hydrogen) atoms. The molecule has 2 nitrogen and oxygen atoms in total. The van der Waals surface area contributed by atoms with Crippen molar-refractivity contribution in [3.05, 3.63) is 34.3 Å². The summed E-state index contributed by atoms with van der Waals surface area (Å²) < 4.78 is 0.986. The van der Waals surface area contributed by atoms with Gasteiger partial charge in [-0.25, -0.2) is 0 Å². The van der Waals surface area contributed by atoms with Gasteiger partial charge in [-0.15, -0.1) is 0 Å². The molecule has 1 rings (SSSR count). The molecule has 0 saturated carbocycles. The minimum absolute atomic E-state index is 0.0324. The molecule has 1 aromatic rings. The first-order valence-electron chi connectivity index (χ1n) is 4.50. The first-order valence-corrected chi connectivity index (χ1v) is 5.30. The van der Waals surface area contributed by atoms with E-state index in [1.54, 1.807) is 6.92 Å². The number of halogens is 1. The lowest BCUT2D eigenvalue weighted by atomic mass is 9.89. The Morgan fingerprint density at radius 1 is 1.43 bits per heavy atom. The second kappa shape index (κ2) is 4.60. The number of hydrogen-bond acceptors (Lipinski definition) is 1. The highest BCUT2D eigenvalue weighted by Crippen LogP contribution is 2.26. The Hall–Kier alpha value is -0.830. The molecule has 0 heterocycles. The molecule has 2 atom stereocenters. The number of carboxylic acids is 1. The molecule has 0 fully saturated rings. The molecule has 0 amide bonds. The van der Waals surface area contributed by atoms with Gasteiger partial charge < -0.3 is 5.11 Å². The van der Waals surface area contributed by atoms with Crippen LogP contribution in [0.5, 0.6) is 0 Å². The predicted octanol–water partition coefficient (Wildman–Crippen LogP) is 3.27. The van der Waals surface area contributed by atoms with Crippen molar-refractivity contribution in [2.75, 3.05) is 0 Å². The van der Waals surface area contributed by atoms with Crippen LogP contribution in [0.4, 0.5) is 0 Å². The minimum atomic E-state index is -0.752. The van der Waals surface area contributed by atoms with Crippen LogP contribution in [0.25, 0.3) is 0 Å². The molecular weight excluding hydrogens is 244 g/mol. The lowest BCUT2D eigenvalue weighted by molar-refractivity contribution is -0.141. The zero-order valence-electron chi connectivity index (χ0n) is 8.20. The van der Waals surface area contributed by atoms with E-state index in [2.05, 4.69) is 15.9 Å². The van der Waals surface area contributed by atoms with E-state index < -0.39 is 5.97 Å². The lowest BCUT2D eigenvalue weighted by Crippen LogP contribution is -2.16. The summed E-state index contributed by atoms with van der Waals surface area (Å²) in [6.07, 6.45) is 0. The second-order valence-electron chi connectivity index (χ2n) is 3.47. The van der Waals surface area contributed by atoms with Crippen LogP contribution >= 0.6 is 15.9 Å². The number of hydrogen-bond donors (Lipinski definition) is 1. The third-order valence-electron chi connectivity index (χ3n) is 2.51. The highest BCUT2D eigenvalue weighted by molar-refractivity contribution is 9.10. The van der Waals surface area contributed by atoms with Crippen molar-refractivity contribution in [1.82, 2.24) is 0 Å². The molecule has 0 spiro atoms. The average molecular weight is 257 g/mol. The quantitative estimate of drug-likeness (QED) is 0.902. The van der Waals surface area contributed by atoms with Gasteiger partial charge in [-0.1, -0.05) is 41.9 Å². The summed E-state index contributed by atoms with van der Waals surface area (Å²) in [6, 6.07) is 7.77. The van der Waals surface area contributed by atoms with Gasteiger partial charge in [-0.05, 0) is 23.6 Å². The average Bonchev–Trinajstić information content (AvgIpc) is 2.15. The largest absolute Gasteiger partial charge is 0.481 e. The summed E-state index contributed by atoms with van der Waals surface area (Å²) in [7, 11) is 0. The van der Waals surface area contributed by atoms with Gasteiger partial charge in [0, 0.05) is 4.47 Å². The molecule has 0 radical (unpaired) electrons. The molecule has 76 valence electrons. The van der Waals surface area contributed by atoms with Gasteiger partial charge in [-0.3, -0.25) is 4.79 Å². The second-order valence-corrected chi connectivity index (χ2v) is 4.39. The molecule has 1 aromatic carbocycles. The SMILES string of the molecule is CC(C(=O)O)C(C)c1cccc(Br)c1. The van der Waals surface area contributed by atoms with Crippen LogP contribution in [-0.2, 0) is 4.79 Å². The molecule has 0 aliphatic carbocycles. The fraction of sp³-hybridized carbons (Fsp3) is 0.364. The van der Waals surface area contributed by atoms with E-state index in [-0.39, 0.29) is 11.8 Å². The third kappa shape index (κ3) is 2.58. The Balaban J connectivity index is 2.89. The van der Waals surface area contributed by atoms with Crippen molar-refractivity contribution in [1.29, 1.82) is 0 Å². The van der Waals surface area contributed by atoms with Crippen LogP contribution in [0.2, 0.25) is 0 Å². The van der Waals surface area contributed by atoms with Gasteiger partial charge in [0.05, 0.1) is 5.92 Å². The molecule has 0 aliphatic rings. The summed E-state index contributed by atoms with van der Waals surface area (Å²) in [5.41, 5.74) is 1.05. The first kappa shape index (κ1) is 11.2. The number of benzene rings is 1. The maximum absolute atomic E-state index is 10.8. The fourth-order valence-electron chi connectivity index (χ4n) is 1.29. The van der Waals surface area contributed by atoms with Crippen molar-refractivity contribution < 1.29 is 9.90 Å². The minimum Gasteiger partial charge on any atom is -0.481 e.